The summed E-state index contributed by atoms with van der Waals surface area (Å²) in [4.78, 5) is 0. The van der Waals surface area contributed by atoms with Gasteiger partial charge < -0.3 is 9.84 Å². The van der Waals surface area contributed by atoms with Crippen molar-refractivity contribution in [2.24, 2.45) is 5.41 Å². The van der Waals surface area contributed by atoms with E-state index in [0.717, 1.165) is 0 Å². The molecule has 0 spiro atoms. The van der Waals surface area contributed by atoms with Crippen molar-refractivity contribution >= 4 is 0 Å². The van der Waals surface area contributed by atoms with Gasteiger partial charge in [-0.05, 0) is 6.42 Å². The average molecular weight is 214 g/mol. The van der Waals surface area contributed by atoms with Crippen LogP contribution in [0.3, 0.4) is 0 Å². The van der Waals surface area contributed by atoms with Crippen LogP contribution in [0, 0.1) is 5.41 Å². The largest absolute Gasteiger partial charge is 0.396 e. The quantitative estimate of drug-likeness (QED) is 0.688. The van der Waals surface area contributed by atoms with Crippen molar-refractivity contribution in [1.82, 2.24) is 0 Å². The fourth-order valence-electron chi connectivity index (χ4n) is 0.769. The highest BCUT2D eigenvalue weighted by atomic mass is 19.4. The number of halogens is 3. The van der Waals surface area contributed by atoms with Crippen LogP contribution in [0.4, 0.5) is 13.2 Å². The van der Waals surface area contributed by atoms with Gasteiger partial charge in [0.15, 0.2) is 0 Å². The van der Waals surface area contributed by atoms with Gasteiger partial charge in [0.2, 0.25) is 0 Å². The van der Waals surface area contributed by atoms with E-state index in [-0.39, 0.29) is 31.7 Å². The number of aliphatic hydroxyl groups excluding tert-OH is 1. The molecule has 86 valence electrons. The molecule has 0 rings (SSSR count). The minimum atomic E-state index is -4.10. The Hall–Kier alpha value is -0.290. The summed E-state index contributed by atoms with van der Waals surface area (Å²) >= 11 is 0. The fourth-order valence-corrected chi connectivity index (χ4v) is 0.769. The van der Waals surface area contributed by atoms with E-state index in [1.807, 2.05) is 0 Å². The summed E-state index contributed by atoms with van der Waals surface area (Å²) in [5, 5.41) is 8.82. The third-order valence-electron chi connectivity index (χ3n) is 1.67. The summed E-state index contributed by atoms with van der Waals surface area (Å²) in [6.07, 6.45) is -4.94. The second kappa shape index (κ2) is 5.56. The molecule has 0 bridgehead atoms. The van der Waals surface area contributed by atoms with Crippen molar-refractivity contribution in [2.45, 2.75) is 32.9 Å². The van der Waals surface area contributed by atoms with Crippen LogP contribution in [-0.2, 0) is 4.74 Å². The number of hydrogen-bond donors (Lipinski definition) is 1. The number of rotatable bonds is 6. The van der Waals surface area contributed by atoms with E-state index in [0.29, 0.717) is 0 Å². The number of aliphatic hydroxyl groups is 1. The maximum atomic E-state index is 11.7. The molecule has 0 radical (unpaired) electrons. The summed E-state index contributed by atoms with van der Waals surface area (Å²) < 4.78 is 40.1. The molecule has 5 heteroatoms. The zero-order valence-electron chi connectivity index (χ0n) is 8.52. The lowest BCUT2D eigenvalue weighted by molar-refractivity contribution is -0.138. The molecule has 0 aliphatic rings. The van der Waals surface area contributed by atoms with Crippen molar-refractivity contribution in [3.63, 3.8) is 0 Å². The van der Waals surface area contributed by atoms with E-state index in [9.17, 15) is 13.2 Å². The first-order chi connectivity index (χ1) is 6.27. The molecule has 0 aromatic heterocycles. The van der Waals surface area contributed by atoms with Crippen LogP contribution in [0.5, 0.6) is 0 Å². The first-order valence-electron chi connectivity index (χ1n) is 4.52. The Bertz CT molecular complexity index is 155. The Kier molecular flexibility index (Phi) is 5.44. The first kappa shape index (κ1) is 13.7. The molecular formula is C9H17F3O2. The van der Waals surface area contributed by atoms with Gasteiger partial charge in [-0.2, -0.15) is 13.2 Å². The minimum absolute atomic E-state index is 0.0228. The van der Waals surface area contributed by atoms with Gasteiger partial charge in [0.05, 0.1) is 13.2 Å². The lowest BCUT2D eigenvalue weighted by Crippen LogP contribution is -2.24. The van der Waals surface area contributed by atoms with E-state index in [2.05, 4.69) is 0 Å². The third kappa shape index (κ3) is 8.31. The van der Waals surface area contributed by atoms with Crippen LogP contribution in [-0.4, -0.2) is 31.1 Å². The number of hydrogen-bond acceptors (Lipinski definition) is 2. The van der Waals surface area contributed by atoms with Gasteiger partial charge in [0, 0.05) is 18.4 Å². The molecule has 0 aromatic rings. The van der Waals surface area contributed by atoms with Crippen LogP contribution in [0.2, 0.25) is 0 Å². The summed E-state index contributed by atoms with van der Waals surface area (Å²) in [6.45, 7) is 3.91. The predicted molar refractivity (Wildman–Crippen MR) is 47.0 cm³/mol. The number of alkyl halides is 3. The van der Waals surface area contributed by atoms with Crippen LogP contribution < -0.4 is 0 Å². The maximum absolute atomic E-state index is 11.7. The maximum Gasteiger partial charge on any atom is 0.389 e. The highest BCUT2D eigenvalue weighted by Crippen LogP contribution is 2.21. The van der Waals surface area contributed by atoms with Gasteiger partial charge in [0.25, 0.3) is 0 Å². The second-order valence-electron chi connectivity index (χ2n) is 4.09. The van der Waals surface area contributed by atoms with Gasteiger partial charge in [0.1, 0.15) is 0 Å². The van der Waals surface area contributed by atoms with Gasteiger partial charge >= 0.3 is 6.18 Å². The molecule has 1 N–H and O–H groups in total. The van der Waals surface area contributed by atoms with Crippen molar-refractivity contribution in [3.05, 3.63) is 0 Å². The fraction of sp³-hybridized carbons (Fsp3) is 1.00. The molecule has 0 unspecified atom stereocenters. The Morgan fingerprint density at radius 2 is 1.79 bits per heavy atom. The molecule has 0 aliphatic heterocycles. The molecule has 0 fully saturated rings. The molecule has 0 atom stereocenters. The van der Waals surface area contributed by atoms with Crippen LogP contribution >= 0.6 is 0 Å². The summed E-state index contributed by atoms with van der Waals surface area (Å²) in [5.74, 6) is 0. The Labute approximate surface area is 82.1 Å². The molecular weight excluding hydrogens is 197 g/mol. The Balaban J connectivity index is 3.39. The average Bonchev–Trinajstić information content (AvgIpc) is 2.01. The molecule has 0 heterocycles. The van der Waals surface area contributed by atoms with E-state index >= 15 is 0 Å². The normalized spacial score (nSPS) is 13.3. The second-order valence-corrected chi connectivity index (χ2v) is 4.09. The van der Waals surface area contributed by atoms with Crippen molar-refractivity contribution < 1.29 is 23.0 Å². The van der Waals surface area contributed by atoms with E-state index in [1.54, 1.807) is 13.8 Å². The minimum Gasteiger partial charge on any atom is -0.396 e. The Morgan fingerprint density at radius 1 is 1.21 bits per heavy atom. The van der Waals surface area contributed by atoms with Gasteiger partial charge in [-0.25, -0.2) is 0 Å². The monoisotopic (exact) mass is 214 g/mol. The Morgan fingerprint density at radius 3 is 2.21 bits per heavy atom. The first-order valence-corrected chi connectivity index (χ1v) is 4.52. The molecule has 0 saturated heterocycles. The molecule has 0 saturated carbocycles. The van der Waals surface area contributed by atoms with Crippen molar-refractivity contribution in [3.8, 4) is 0 Å². The molecule has 0 amide bonds. The molecule has 2 nitrogen and oxygen atoms in total. The van der Waals surface area contributed by atoms with Crippen LogP contribution in [0.25, 0.3) is 0 Å². The van der Waals surface area contributed by atoms with E-state index in [4.69, 9.17) is 9.84 Å². The molecule has 0 aromatic carbocycles. The van der Waals surface area contributed by atoms with Crippen molar-refractivity contribution in [1.29, 1.82) is 0 Å². The third-order valence-corrected chi connectivity index (χ3v) is 1.67. The van der Waals surface area contributed by atoms with E-state index < -0.39 is 12.6 Å². The zero-order valence-corrected chi connectivity index (χ0v) is 8.52. The summed E-state index contributed by atoms with van der Waals surface area (Å²) in [7, 11) is 0. The predicted octanol–water partition coefficient (Wildman–Crippen LogP) is 2.36. The van der Waals surface area contributed by atoms with Crippen LogP contribution in [0.1, 0.15) is 26.7 Å². The van der Waals surface area contributed by atoms with Crippen molar-refractivity contribution in [2.75, 3.05) is 19.8 Å². The van der Waals surface area contributed by atoms with Gasteiger partial charge in [-0.3, -0.25) is 0 Å². The van der Waals surface area contributed by atoms with Gasteiger partial charge in [-0.1, -0.05) is 13.8 Å². The lowest BCUT2D eigenvalue weighted by Gasteiger charge is -2.21. The number of ether oxygens (including phenoxy) is 1. The summed E-state index contributed by atoms with van der Waals surface area (Å²) in [6, 6.07) is 0. The molecule has 14 heavy (non-hydrogen) atoms. The zero-order chi connectivity index (χ0) is 11.2. The van der Waals surface area contributed by atoms with Crippen LogP contribution in [0.15, 0.2) is 0 Å². The highest BCUT2D eigenvalue weighted by Gasteiger charge is 2.26. The molecule has 0 aliphatic carbocycles. The van der Waals surface area contributed by atoms with Gasteiger partial charge in [-0.15, -0.1) is 0 Å². The SMILES string of the molecule is CC(C)(CO)COCCCC(F)(F)F. The summed E-state index contributed by atoms with van der Waals surface area (Å²) in [5.41, 5.74) is -0.377. The topological polar surface area (TPSA) is 29.5 Å². The lowest BCUT2D eigenvalue weighted by atomic mass is 9.97. The highest BCUT2D eigenvalue weighted by molar-refractivity contribution is 4.65. The smallest absolute Gasteiger partial charge is 0.389 e. The van der Waals surface area contributed by atoms with E-state index in [1.165, 1.54) is 0 Å². The standard InChI is InChI=1S/C9H17F3O2/c1-8(2,6-13)7-14-5-3-4-9(10,11)12/h13H,3-7H2,1-2H3.